The van der Waals surface area contributed by atoms with Crippen molar-refractivity contribution in [2.75, 3.05) is 5.32 Å². The molecule has 2 rings (SSSR count). The van der Waals surface area contributed by atoms with E-state index in [-0.39, 0.29) is 18.2 Å². The summed E-state index contributed by atoms with van der Waals surface area (Å²) in [6.07, 6.45) is 0.205. The van der Waals surface area contributed by atoms with Gasteiger partial charge in [0.15, 0.2) is 11.6 Å². The lowest BCUT2D eigenvalue weighted by Crippen LogP contribution is -2.15. The van der Waals surface area contributed by atoms with Gasteiger partial charge in [0.2, 0.25) is 0 Å². The van der Waals surface area contributed by atoms with Crippen molar-refractivity contribution in [3.63, 3.8) is 0 Å². The van der Waals surface area contributed by atoms with Crippen LogP contribution in [-0.4, -0.2) is 16.2 Å². The molecular formula is C13H11FN2O3. The van der Waals surface area contributed by atoms with Crippen molar-refractivity contribution < 1.29 is 19.0 Å². The highest BCUT2D eigenvalue weighted by Crippen LogP contribution is 2.16. The van der Waals surface area contributed by atoms with Gasteiger partial charge in [0.25, 0.3) is 0 Å². The molecule has 0 aliphatic carbocycles. The highest BCUT2D eigenvalue weighted by Gasteiger charge is 2.10. The Kier molecular flexibility index (Phi) is 3.92. The maximum atomic E-state index is 13.3. The number of hydrogen-bond donors (Lipinski definition) is 2. The number of aromatic nitrogens is 1. The molecular weight excluding hydrogens is 251 g/mol. The van der Waals surface area contributed by atoms with E-state index in [4.69, 9.17) is 9.84 Å². The Morgan fingerprint density at radius 1 is 1.37 bits per heavy atom. The molecule has 0 atom stereocenters. The molecule has 19 heavy (non-hydrogen) atoms. The third kappa shape index (κ3) is 3.67. The van der Waals surface area contributed by atoms with Crippen LogP contribution >= 0.6 is 0 Å². The van der Waals surface area contributed by atoms with Gasteiger partial charge in [-0.15, -0.1) is 0 Å². The van der Waals surface area contributed by atoms with Gasteiger partial charge in [-0.25, -0.2) is 14.2 Å². The lowest BCUT2D eigenvalue weighted by atomic mass is 10.2. The summed E-state index contributed by atoms with van der Waals surface area (Å²) in [6, 6.07) is 9.92. The average Bonchev–Trinajstić information content (AvgIpc) is 2.41. The molecule has 1 aromatic heterocycles. The highest BCUT2D eigenvalue weighted by atomic mass is 19.1. The van der Waals surface area contributed by atoms with Gasteiger partial charge in [0, 0.05) is 6.07 Å². The number of benzene rings is 1. The summed E-state index contributed by atoms with van der Waals surface area (Å²) in [5.41, 5.74) is 0.816. The van der Waals surface area contributed by atoms with Crippen LogP contribution in [0.4, 0.5) is 15.0 Å². The van der Waals surface area contributed by atoms with Gasteiger partial charge in [-0.3, -0.25) is 5.32 Å². The van der Waals surface area contributed by atoms with Gasteiger partial charge >= 0.3 is 6.09 Å². The fraction of sp³-hybridized carbons (Fsp3) is 0.0769. The zero-order chi connectivity index (χ0) is 13.7. The maximum absolute atomic E-state index is 13.3. The van der Waals surface area contributed by atoms with Crippen LogP contribution in [-0.2, 0) is 11.3 Å². The SMILES string of the molecule is O=C(Nc1ncc(O)cc1F)OCc1ccccc1. The first-order chi connectivity index (χ1) is 9.15. The van der Waals surface area contributed by atoms with Crippen molar-refractivity contribution in [1.82, 2.24) is 4.98 Å². The third-order valence-corrected chi connectivity index (χ3v) is 2.26. The summed E-state index contributed by atoms with van der Waals surface area (Å²) in [5.74, 6) is -1.45. The molecule has 0 unspecified atom stereocenters. The zero-order valence-corrected chi connectivity index (χ0v) is 9.84. The molecule has 2 N–H and O–H groups in total. The standard InChI is InChI=1S/C13H11FN2O3/c14-11-6-10(17)7-15-12(11)16-13(18)19-8-9-4-2-1-3-5-9/h1-7,17H,8H2,(H,15,16,18). The third-order valence-electron chi connectivity index (χ3n) is 2.26. The second kappa shape index (κ2) is 5.81. The molecule has 0 radical (unpaired) electrons. The van der Waals surface area contributed by atoms with Crippen LogP contribution in [0, 0.1) is 5.82 Å². The number of ether oxygens (including phenoxy) is 1. The average molecular weight is 262 g/mol. The van der Waals surface area contributed by atoms with Crippen LogP contribution in [0.2, 0.25) is 0 Å². The van der Waals surface area contributed by atoms with E-state index in [0.29, 0.717) is 0 Å². The van der Waals surface area contributed by atoms with Gasteiger partial charge in [-0.1, -0.05) is 30.3 Å². The first kappa shape index (κ1) is 12.8. The lowest BCUT2D eigenvalue weighted by molar-refractivity contribution is 0.155. The van der Waals surface area contributed by atoms with Gasteiger partial charge in [0.05, 0.1) is 6.20 Å². The Morgan fingerprint density at radius 2 is 2.11 bits per heavy atom. The Morgan fingerprint density at radius 3 is 2.79 bits per heavy atom. The predicted molar refractivity (Wildman–Crippen MR) is 66.1 cm³/mol. The zero-order valence-electron chi connectivity index (χ0n) is 9.84. The Bertz CT molecular complexity index is 575. The molecule has 0 saturated heterocycles. The molecule has 0 bridgehead atoms. The normalized spacial score (nSPS) is 9.95. The fourth-order valence-corrected chi connectivity index (χ4v) is 1.38. The van der Waals surface area contributed by atoms with E-state index in [2.05, 4.69) is 10.3 Å². The molecule has 1 heterocycles. The number of amides is 1. The quantitative estimate of drug-likeness (QED) is 0.892. The maximum Gasteiger partial charge on any atom is 0.413 e. The summed E-state index contributed by atoms with van der Waals surface area (Å²) in [7, 11) is 0. The first-order valence-corrected chi connectivity index (χ1v) is 5.47. The number of carbonyl (C=O) groups excluding carboxylic acids is 1. The Labute approximate surface area is 108 Å². The molecule has 0 aliphatic heterocycles. The number of rotatable bonds is 3. The number of aromatic hydroxyl groups is 1. The molecule has 98 valence electrons. The number of pyridine rings is 1. The van der Waals surface area contributed by atoms with Gasteiger partial charge in [-0.2, -0.15) is 0 Å². The van der Waals surface area contributed by atoms with Crippen LogP contribution < -0.4 is 5.32 Å². The molecule has 1 aromatic carbocycles. The van der Waals surface area contributed by atoms with E-state index in [1.54, 1.807) is 12.1 Å². The first-order valence-electron chi connectivity index (χ1n) is 5.47. The highest BCUT2D eigenvalue weighted by molar-refractivity contribution is 5.83. The Hall–Kier alpha value is -2.63. The molecule has 0 spiro atoms. The van der Waals surface area contributed by atoms with Gasteiger partial charge < -0.3 is 9.84 Å². The molecule has 2 aromatic rings. The molecule has 1 amide bonds. The van der Waals surface area contributed by atoms with Crippen LogP contribution in [0.15, 0.2) is 42.6 Å². The fourth-order valence-electron chi connectivity index (χ4n) is 1.38. The van der Waals surface area contributed by atoms with Gasteiger partial charge in [0.1, 0.15) is 12.4 Å². The summed E-state index contributed by atoms with van der Waals surface area (Å²) in [4.78, 5) is 15.0. The van der Waals surface area contributed by atoms with Crippen LogP contribution in [0.1, 0.15) is 5.56 Å². The van der Waals surface area contributed by atoms with E-state index in [1.807, 2.05) is 18.2 Å². The predicted octanol–water partition coefficient (Wildman–Crippen LogP) is 2.68. The number of halogens is 1. The number of hydrogen-bond acceptors (Lipinski definition) is 4. The monoisotopic (exact) mass is 262 g/mol. The van der Waals surface area contributed by atoms with E-state index < -0.39 is 11.9 Å². The summed E-state index contributed by atoms with van der Waals surface area (Å²) >= 11 is 0. The number of carbonyl (C=O) groups is 1. The van der Waals surface area contributed by atoms with E-state index in [1.165, 1.54) is 0 Å². The van der Waals surface area contributed by atoms with Crippen molar-refractivity contribution in [3.05, 3.63) is 54.0 Å². The van der Waals surface area contributed by atoms with Crippen molar-refractivity contribution in [1.29, 1.82) is 0 Å². The van der Waals surface area contributed by atoms with Crippen molar-refractivity contribution >= 4 is 11.9 Å². The summed E-state index contributed by atoms with van der Waals surface area (Å²) < 4.78 is 18.2. The van der Waals surface area contributed by atoms with Crippen LogP contribution in [0.5, 0.6) is 5.75 Å². The topological polar surface area (TPSA) is 71.5 Å². The molecule has 0 aliphatic rings. The minimum Gasteiger partial charge on any atom is -0.506 e. The van der Waals surface area contributed by atoms with Crippen LogP contribution in [0.25, 0.3) is 0 Å². The van der Waals surface area contributed by atoms with Crippen LogP contribution in [0.3, 0.4) is 0 Å². The summed E-state index contributed by atoms with van der Waals surface area (Å²) in [6.45, 7) is 0.0758. The van der Waals surface area contributed by atoms with Crippen molar-refractivity contribution in [3.8, 4) is 5.75 Å². The number of nitrogens with zero attached hydrogens (tertiary/aromatic N) is 1. The van der Waals surface area contributed by atoms with E-state index >= 15 is 0 Å². The minimum absolute atomic E-state index is 0.0758. The van der Waals surface area contributed by atoms with Gasteiger partial charge in [-0.05, 0) is 5.56 Å². The molecule has 5 nitrogen and oxygen atoms in total. The summed E-state index contributed by atoms with van der Waals surface area (Å²) in [5, 5.41) is 11.1. The lowest BCUT2D eigenvalue weighted by Gasteiger charge is -2.07. The number of nitrogens with one attached hydrogen (secondary N) is 1. The second-order valence-electron chi connectivity index (χ2n) is 3.71. The smallest absolute Gasteiger partial charge is 0.413 e. The molecule has 0 saturated carbocycles. The Balaban J connectivity index is 1.91. The van der Waals surface area contributed by atoms with Crippen molar-refractivity contribution in [2.24, 2.45) is 0 Å². The minimum atomic E-state index is -0.836. The van der Waals surface area contributed by atoms with Crippen molar-refractivity contribution in [2.45, 2.75) is 6.61 Å². The molecule has 0 fully saturated rings. The van der Waals surface area contributed by atoms with E-state index in [0.717, 1.165) is 17.8 Å². The van der Waals surface area contributed by atoms with E-state index in [9.17, 15) is 9.18 Å². The second-order valence-corrected chi connectivity index (χ2v) is 3.71. The molecule has 6 heteroatoms. The largest absolute Gasteiger partial charge is 0.506 e. The number of anilines is 1.